The minimum atomic E-state index is 0.654. The van der Waals surface area contributed by atoms with E-state index in [-0.39, 0.29) is 0 Å². The van der Waals surface area contributed by atoms with E-state index >= 15 is 0 Å². The van der Waals surface area contributed by atoms with Gasteiger partial charge in [-0.15, -0.1) is 0 Å². The number of nitrogens with one attached hydrogen (secondary N) is 2. The van der Waals surface area contributed by atoms with Crippen molar-refractivity contribution in [3.05, 3.63) is 6.20 Å². The topological polar surface area (TPSA) is 69.7 Å². The highest BCUT2D eigenvalue weighted by Crippen LogP contribution is 2.40. The van der Waals surface area contributed by atoms with Gasteiger partial charge in [-0.05, 0) is 25.2 Å². The van der Waals surface area contributed by atoms with Crippen molar-refractivity contribution in [3.63, 3.8) is 0 Å². The lowest BCUT2D eigenvalue weighted by molar-refractivity contribution is 0.341. The highest BCUT2D eigenvalue weighted by Gasteiger charge is 2.37. The highest BCUT2D eigenvalue weighted by atomic mass is 15.3. The van der Waals surface area contributed by atoms with Crippen LogP contribution in [-0.4, -0.2) is 39.8 Å². The molecule has 0 aromatic carbocycles. The van der Waals surface area contributed by atoms with E-state index < -0.39 is 0 Å². The quantitative estimate of drug-likeness (QED) is 0.876. The molecule has 6 nitrogen and oxygen atoms in total. The third kappa shape index (κ3) is 1.74. The van der Waals surface area contributed by atoms with Crippen molar-refractivity contribution in [2.75, 3.05) is 23.8 Å². The molecule has 0 bridgehead atoms. The fourth-order valence-corrected chi connectivity index (χ4v) is 3.82. The minimum Gasteiger partial charge on any atom is -0.357 e. The van der Waals surface area contributed by atoms with Crippen LogP contribution in [0.3, 0.4) is 0 Å². The first-order chi connectivity index (χ1) is 9.86. The number of nitrogens with zero attached hydrogens (tertiary/aromatic N) is 4. The number of H-pyrrole nitrogens is 1. The number of fused-ring (bicyclic) bond motifs is 2. The molecule has 0 spiro atoms. The molecule has 2 N–H and O–H groups in total. The largest absolute Gasteiger partial charge is 0.357 e. The molecule has 1 saturated carbocycles. The Morgan fingerprint density at radius 1 is 1.25 bits per heavy atom. The average Bonchev–Trinajstić information content (AvgIpc) is 3.12. The van der Waals surface area contributed by atoms with Crippen LogP contribution in [0.1, 0.15) is 32.1 Å². The van der Waals surface area contributed by atoms with Crippen molar-refractivity contribution < 1.29 is 0 Å². The average molecular weight is 272 g/mol. The molecule has 20 heavy (non-hydrogen) atoms. The number of hydrogen-bond acceptors (Lipinski definition) is 5. The number of anilines is 2. The zero-order chi connectivity index (χ0) is 13.5. The molecule has 6 heteroatoms. The van der Waals surface area contributed by atoms with E-state index in [9.17, 15) is 0 Å². The van der Waals surface area contributed by atoms with Gasteiger partial charge >= 0.3 is 0 Å². The van der Waals surface area contributed by atoms with E-state index in [1.54, 1.807) is 0 Å². The smallest absolute Gasteiger partial charge is 0.226 e. The second-order valence-electron chi connectivity index (χ2n) is 5.85. The maximum atomic E-state index is 4.71. The van der Waals surface area contributed by atoms with Crippen LogP contribution in [0, 0.1) is 5.92 Å². The Hall–Kier alpha value is -1.85. The van der Waals surface area contributed by atoms with Crippen LogP contribution < -0.4 is 10.2 Å². The van der Waals surface area contributed by atoms with Gasteiger partial charge in [0.15, 0.2) is 5.65 Å². The molecule has 1 aliphatic heterocycles. The molecular formula is C14H20N6. The van der Waals surface area contributed by atoms with Crippen LogP contribution in [-0.2, 0) is 0 Å². The normalized spacial score (nSPS) is 25.9. The molecule has 1 saturated heterocycles. The summed E-state index contributed by atoms with van der Waals surface area (Å²) in [5, 5.41) is 11.2. The van der Waals surface area contributed by atoms with Gasteiger partial charge in [-0.2, -0.15) is 15.1 Å². The summed E-state index contributed by atoms with van der Waals surface area (Å²) < 4.78 is 0. The maximum absolute atomic E-state index is 4.71. The fraction of sp³-hybridized carbons (Fsp3) is 0.643. The van der Waals surface area contributed by atoms with Crippen LogP contribution in [0.4, 0.5) is 11.8 Å². The molecule has 2 aromatic rings. The van der Waals surface area contributed by atoms with Gasteiger partial charge in [-0.3, -0.25) is 5.10 Å². The fourth-order valence-electron chi connectivity index (χ4n) is 3.82. The zero-order valence-electron chi connectivity index (χ0n) is 11.8. The Bertz CT molecular complexity index is 621. The van der Waals surface area contributed by atoms with Crippen molar-refractivity contribution in [1.82, 2.24) is 20.2 Å². The van der Waals surface area contributed by atoms with Crippen molar-refractivity contribution >= 4 is 22.8 Å². The first-order valence-corrected chi connectivity index (χ1v) is 7.52. The van der Waals surface area contributed by atoms with E-state index in [1.807, 2.05) is 13.2 Å². The van der Waals surface area contributed by atoms with Crippen LogP contribution in [0.5, 0.6) is 0 Å². The van der Waals surface area contributed by atoms with Crippen LogP contribution in [0.2, 0.25) is 0 Å². The summed E-state index contributed by atoms with van der Waals surface area (Å²) in [6.45, 7) is 1.11. The molecule has 106 valence electrons. The SMILES string of the molecule is CNc1nc(N2CCC3CCCCC32)c2cn[nH]c2n1. The molecule has 0 radical (unpaired) electrons. The molecule has 3 heterocycles. The van der Waals surface area contributed by atoms with Gasteiger partial charge in [0.2, 0.25) is 5.95 Å². The minimum absolute atomic E-state index is 0.654. The van der Waals surface area contributed by atoms with Crippen molar-refractivity contribution in [3.8, 4) is 0 Å². The van der Waals surface area contributed by atoms with Crippen molar-refractivity contribution in [1.29, 1.82) is 0 Å². The van der Waals surface area contributed by atoms with Crippen LogP contribution in [0.25, 0.3) is 11.0 Å². The Morgan fingerprint density at radius 3 is 3.05 bits per heavy atom. The van der Waals surface area contributed by atoms with Crippen molar-refractivity contribution in [2.45, 2.75) is 38.1 Å². The zero-order valence-corrected chi connectivity index (χ0v) is 11.8. The molecule has 2 atom stereocenters. The standard InChI is InChI=1S/C14H20N6/c1-15-14-17-12-10(8-16-19-12)13(18-14)20-7-6-9-4-2-3-5-11(9)20/h8-9,11H,2-7H2,1H3,(H2,15,16,17,18,19). The highest BCUT2D eigenvalue weighted by molar-refractivity contribution is 5.87. The van der Waals surface area contributed by atoms with E-state index in [4.69, 9.17) is 4.98 Å². The van der Waals surface area contributed by atoms with E-state index in [0.29, 0.717) is 12.0 Å². The third-order valence-corrected chi connectivity index (χ3v) is 4.80. The molecule has 2 aromatic heterocycles. The van der Waals surface area contributed by atoms with Gasteiger partial charge in [-0.1, -0.05) is 12.8 Å². The summed E-state index contributed by atoms with van der Waals surface area (Å²) in [6.07, 6.45) is 8.55. The number of aromatic nitrogens is 4. The molecule has 0 amide bonds. The predicted molar refractivity (Wildman–Crippen MR) is 78.9 cm³/mol. The monoisotopic (exact) mass is 272 g/mol. The second-order valence-corrected chi connectivity index (χ2v) is 5.85. The number of rotatable bonds is 2. The molecule has 4 rings (SSSR count). The first kappa shape index (κ1) is 11.9. The van der Waals surface area contributed by atoms with Crippen molar-refractivity contribution in [2.24, 2.45) is 5.92 Å². The Morgan fingerprint density at radius 2 is 2.15 bits per heavy atom. The Kier molecular flexibility index (Phi) is 2.75. The molecule has 2 fully saturated rings. The van der Waals surface area contributed by atoms with Crippen LogP contribution in [0.15, 0.2) is 6.20 Å². The molecule has 2 unspecified atom stereocenters. The first-order valence-electron chi connectivity index (χ1n) is 7.52. The summed E-state index contributed by atoms with van der Waals surface area (Å²) in [4.78, 5) is 11.6. The van der Waals surface area contributed by atoms with E-state index in [1.165, 1.54) is 32.1 Å². The lowest BCUT2D eigenvalue weighted by Gasteiger charge is -2.32. The predicted octanol–water partition coefficient (Wildman–Crippen LogP) is 2.16. The molecule has 1 aliphatic carbocycles. The Labute approximate surface area is 118 Å². The summed E-state index contributed by atoms with van der Waals surface area (Å²) in [6, 6.07) is 0.654. The summed E-state index contributed by atoms with van der Waals surface area (Å²) in [5.41, 5.74) is 0.818. The Balaban J connectivity index is 1.79. The van der Waals surface area contributed by atoms with Gasteiger partial charge < -0.3 is 10.2 Å². The van der Waals surface area contributed by atoms with Gasteiger partial charge in [0.1, 0.15) is 5.82 Å². The number of hydrogen-bond donors (Lipinski definition) is 2. The lowest BCUT2D eigenvalue weighted by atomic mass is 9.85. The third-order valence-electron chi connectivity index (χ3n) is 4.80. The molecule has 2 aliphatic rings. The van der Waals surface area contributed by atoms with Gasteiger partial charge in [0.25, 0.3) is 0 Å². The van der Waals surface area contributed by atoms with Gasteiger partial charge in [0, 0.05) is 19.6 Å². The summed E-state index contributed by atoms with van der Waals surface area (Å²) in [7, 11) is 1.86. The van der Waals surface area contributed by atoms with Gasteiger partial charge in [-0.25, -0.2) is 0 Å². The maximum Gasteiger partial charge on any atom is 0.226 e. The van der Waals surface area contributed by atoms with Crippen LogP contribution >= 0.6 is 0 Å². The second kappa shape index (κ2) is 4.61. The van der Waals surface area contributed by atoms with E-state index in [0.717, 1.165) is 29.3 Å². The lowest BCUT2D eigenvalue weighted by Crippen LogP contribution is -2.35. The molecular weight excluding hydrogens is 252 g/mol. The van der Waals surface area contributed by atoms with E-state index in [2.05, 4.69) is 25.4 Å². The summed E-state index contributed by atoms with van der Waals surface area (Å²) in [5.74, 6) is 2.55. The van der Waals surface area contributed by atoms with Gasteiger partial charge in [0.05, 0.1) is 11.6 Å². The number of aromatic amines is 1. The summed E-state index contributed by atoms with van der Waals surface area (Å²) >= 11 is 0.